The van der Waals surface area contributed by atoms with E-state index < -0.39 is 0 Å². The Labute approximate surface area is 184 Å². The predicted molar refractivity (Wildman–Crippen MR) is 123 cm³/mol. The summed E-state index contributed by atoms with van der Waals surface area (Å²) in [6.45, 7) is 10.3. The topological polar surface area (TPSA) is 55.2 Å². The number of nitrogens with one attached hydrogen (secondary N) is 1. The van der Waals surface area contributed by atoms with Gasteiger partial charge in [0.2, 0.25) is 0 Å². The third-order valence-electron chi connectivity index (χ3n) is 6.11. The lowest BCUT2D eigenvalue weighted by atomic mass is 10.1. The third-order valence-corrected chi connectivity index (χ3v) is 7.06. The Morgan fingerprint density at radius 2 is 2.00 bits per heavy atom. The van der Waals surface area contributed by atoms with Crippen LogP contribution in [-0.2, 0) is 17.8 Å². The van der Waals surface area contributed by atoms with Crippen molar-refractivity contribution in [2.24, 2.45) is 0 Å². The number of thioether (sulfide) groups is 1. The van der Waals surface area contributed by atoms with Gasteiger partial charge in [0, 0.05) is 24.6 Å². The number of nitrogens with zero attached hydrogens (tertiary/aromatic N) is 4. The molecular weight excluding hydrogens is 394 g/mol. The van der Waals surface area contributed by atoms with Gasteiger partial charge >= 0.3 is 0 Å². The summed E-state index contributed by atoms with van der Waals surface area (Å²) in [5.41, 5.74) is 3.70. The van der Waals surface area contributed by atoms with Crippen LogP contribution in [-0.4, -0.2) is 57.8 Å². The van der Waals surface area contributed by atoms with Crippen LogP contribution in [0.4, 0.5) is 5.69 Å². The van der Waals surface area contributed by atoms with Crippen LogP contribution in [0.2, 0.25) is 0 Å². The van der Waals surface area contributed by atoms with Gasteiger partial charge in [0.05, 0.1) is 19.2 Å². The van der Waals surface area contributed by atoms with Gasteiger partial charge in [-0.1, -0.05) is 35.9 Å². The molecule has 0 saturated carbocycles. The number of hydrogen-bond acceptors (Lipinski definition) is 6. The van der Waals surface area contributed by atoms with E-state index in [9.17, 15) is 0 Å². The van der Waals surface area contributed by atoms with Crippen molar-refractivity contribution in [3.63, 3.8) is 0 Å². The average Bonchev–Trinajstić information content (AvgIpc) is 3.39. The zero-order chi connectivity index (χ0) is 20.8. The molecule has 164 valence electrons. The molecule has 0 spiro atoms. The first-order valence-electron chi connectivity index (χ1n) is 11.4. The van der Waals surface area contributed by atoms with E-state index in [4.69, 9.17) is 4.74 Å². The molecule has 4 rings (SSSR count). The SMILES string of the molecule is Cc1ccc(NCc2nnc(SCCN3CCCCC3)n2C[C@H]2CCCO2)c(C)c1. The summed E-state index contributed by atoms with van der Waals surface area (Å²) in [6.07, 6.45) is 6.63. The summed E-state index contributed by atoms with van der Waals surface area (Å²) in [5, 5.41) is 13.7. The van der Waals surface area contributed by atoms with Gasteiger partial charge in [0.25, 0.3) is 0 Å². The van der Waals surface area contributed by atoms with Crippen LogP contribution >= 0.6 is 11.8 Å². The maximum Gasteiger partial charge on any atom is 0.191 e. The van der Waals surface area contributed by atoms with Gasteiger partial charge in [0.15, 0.2) is 11.0 Å². The lowest BCUT2D eigenvalue weighted by Gasteiger charge is -2.26. The highest BCUT2D eigenvalue weighted by Crippen LogP contribution is 2.23. The Morgan fingerprint density at radius 1 is 1.13 bits per heavy atom. The monoisotopic (exact) mass is 429 g/mol. The van der Waals surface area contributed by atoms with Crippen LogP contribution in [0.3, 0.4) is 0 Å². The zero-order valence-electron chi connectivity index (χ0n) is 18.4. The van der Waals surface area contributed by atoms with E-state index in [2.05, 4.69) is 57.0 Å². The number of aromatic nitrogens is 3. The van der Waals surface area contributed by atoms with Crippen molar-refractivity contribution in [3.8, 4) is 0 Å². The van der Waals surface area contributed by atoms with Gasteiger partial charge in [-0.15, -0.1) is 10.2 Å². The quantitative estimate of drug-likeness (QED) is 0.601. The molecule has 2 saturated heterocycles. The van der Waals surface area contributed by atoms with Gasteiger partial charge < -0.3 is 19.5 Å². The number of anilines is 1. The molecule has 0 aliphatic carbocycles. The molecule has 6 nitrogen and oxygen atoms in total. The zero-order valence-corrected chi connectivity index (χ0v) is 19.2. The van der Waals surface area contributed by atoms with Crippen molar-refractivity contribution >= 4 is 17.4 Å². The van der Waals surface area contributed by atoms with E-state index in [1.807, 2.05) is 11.8 Å². The summed E-state index contributed by atoms with van der Waals surface area (Å²) in [4.78, 5) is 2.58. The summed E-state index contributed by atoms with van der Waals surface area (Å²) in [7, 11) is 0. The molecule has 1 aromatic heterocycles. The molecule has 7 heteroatoms. The first-order valence-corrected chi connectivity index (χ1v) is 12.4. The Morgan fingerprint density at radius 3 is 2.77 bits per heavy atom. The minimum absolute atomic E-state index is 0.280. The van der Waals surface area contributed by atoms with Crippen LogP contribution < -0.4 is 5.32 Å². The highest BCUT2D eigenvalue weighted by Gasteiger charge is 2.21. The minimum atomic E-state index is 0.280. The maximum atomic E-state index is 5.92. The van der Waals surface area contributed by atoms with E-state index >= 15 is 0 Å². The molecule has 0 radical (unpaired) electrons. The summed E-state index contributed by atoms with van der Waals surface area (Å²) in [6, 6.07) is 6.51. The average molecular weight is 430 g/mol. The molecule has 2 fully saturated rings. The molecule has 1 aromatic carbocycles. The fourth-order valence-corrected chi connectivity index (χ4v) is 5.33. The fourth-order valence-electron chi connectivity index (χ4n) is 4.37. The summed E-state index contributed by atoms with van der Waals surface area (Å²) < 4.78 is 8.20. The summed E-state index contributed by atoms with van der Waals surface area (Å²) >= 11 is 1.84. The van der Waals surface area contributed by atoms with Crippen molar-refractivity contribution in [3.05, 3.63) is 35.2 Å². The second kappa shape index (κ2) is 10.6. The van der Waals surface area contributed by atoms with Gasteiger partial charge in [0.1, 0.15) is 0 Å². The van der Waals surface area contributed by atoms with Crippen LogP contribution in [0.1, 0.15) is 49.1 Å². The van der Waals surface area contributed by atoms with Crippen LogP contribution in [0.15, 0.2) is 23.4 Å². The van der Waals surface area contributed by atoms with Crippen molar-refractivity contribution in [2.45, 2.75) is 70.3 Å². The van der Waals surface area contributed by atoms with E-state index in [-0.39, 0.29) is 6.10 Å². The first kappa shape index (κ1) is 21.7. The normalized spacial score (nSPS) is 20.0. The second-order valence-corrected chi connectivity index (χ2v) is 9.63. The Kier molecular flexibility index (Phi) is 7.68. The van der Waals surface area contributed by atoms with Crippen molar-refractivity contribution in [1.29, 1.82) is 0 Å². The summed E-state index contributed by atoms with van der Waals surface area (Å²) in [5.74, 6) is 2.06. The van der Waals surface area contributed by atoms with Gasteiger partial charge in [-0.2, -0.15) is 0 Å². The van der Waals surface area contributed by atoms with Crippen molar-refractivity contribution < 1.29 is 4.74 Å². The van der Waals surface area contributed by atoms with Gasteiger partial charge in [-0.05, 0) is 64.3 Å². The number of ether oxygens (including phenoxy) is 1. The number of aryl methyl sites for hydroxylation is 2. The van der Waals surface area contributed by atoms with E-state index in [1.165, 1.54) is 43.5 Å². The second-order valence-electron chi connectivity index (χ2n) is 8.57. The molecule has 3 heterocycles. The molecule has 2 aromatic rings. The number of benzene rings is 1. The van der Waals surface area contributed by atoms with Crippen LogP contribution in [0.25, 0.3) is 0 Å². The van der Waals surface area contributed by atoms with Crippen LogP contribution in [0, 0.1) is 13.8 Å². The molecule has 1 atom stereocenters. The standard InChI is InChI=1S/C23H35N5OS/c1-18-8-9-21(19(2)15-18)24-16-22-25-26-23(28(22)17-20-7-6-13-29-20)30-14-12-27-10-4-3-5-11-27/h8-9,15,20,24H,3-7,10-14,16-17H2,1-2H3/t20-/m1/s1. The Hall–Kier alpha value is -1.57. The molecule has 0 unspecified atom stereocenters. The largest absolute Gasteiger partial charge is 0.378 e. The molecule has 30 heavy (non-hydrogen) atoms. The molecule has 0 bridgehead atoms. The molecular formula is C23H35N5OS. The number of rotatable bonds is 9. The fraction of sp³-hybridized carbons (Fsp3) is 0.652. The third kappa shape index (κ3) is 5.77. The van der Waals surface area contributed by atoms with Gasteiger partial charge in [-0.25, -0.2) is 0 Å². The molecule has 0 amide bonds. The van der Waals surface area contributed by atoms with Crippen LogP contribution in [0.5, 0.6) is 0 Å². The number of likely N-dealkylation sites (tertiary alicyclic amines) is 1. The molecule has 2 aliphatic heterocycles. The van der Waals surface area contributed by atoms with E-state index in [0.29, 0.717) is 6.54 Å². The highest BCUT2D eigenvalue weighted by atomic mass is 32.2. The number of hydrogen-bond donors (Lipinski definition) is 1. The highest BCUT2D eigenvalue weighted by molar-refractivity contribution is 7.99. The van der Waals surface area contributed by atoms with Crippen molar-refractivity contribution in [1.82, 2.24) is 19.7 Å². The molecule has 1 N–H and O–H groups in total. The predicted octanol–water partition coefficient (Wildman–Crippen LogP) is 4.26. The smallest absolute Gasteiger partial charge is 0.191 e. The number of piperidine rings is 1. The van der Waals surface area contributed by atoms with E-state index in [1.54, 1.807) is 0 Å². The van der Waals surface area contributed by atoms with Gasteiger partial charge in [-0.3, -0.25) is 0 Å². The Balaban J connectivity index is 1.40. The minimum Gasteiger partial charge on any atom is -0.378 e. The maximum absolute atomic E-state index is 5.92. The molecule has 2 aliphatic rings. The Bertz CT molecular complexity index is 812. The van der Waals surface area contributed by atoms with Crippen molar-refractivity contribution in [2.75, 3.05) is 37.3 Å². The first-order chi connectivity index (χ1) is 14.7. The lowest BCUT2D eigenvalue weighted by molar-refractivity contribution is 0.0942. The van der Waals surface area contributed by atoms with E-state index in [0.717, 1.165) is 55.0 Å². The lowest BCUT2D eigenvalue weighted by Crippen LogP contribution is -2.31.